The van der Waals surface area contributed by atoms with E-state index in [2.05, 4.69) is 16.7 Å². The lowest BCUT2D eigenvalue weighted by molar-refractivity contribution is -0.121. The number of benzene rings is 1. The number of nitrogens with one attached hydrogen (secondary N) is 2. The topological polar surface area (TPSA) is 100 Å². The van der Waals surface area contributed by atoms with Crippen molar-refractivity contribution >= 4 is 12.0 Å². The molecule has 2 amide bonds. The summed E-state index contributed by atoms with van der Waals surface area (Å²) in [5.41, 5.74) is 1.38. The molecule has 0 fully saturated rings. The molecule has 0 saturated carbocycles. The fourth-order valence-electron chi connectivity index (χ4n) is 3.35. The van der Waals surface area contributed by atoms with Gasteiger partial charge in [0, 0.05) is 18.9 Å². The van der Waals surface area contributed by atoms with Crippen molar-refractivity contribution in [2.45, 2.75) is 70.9 Å². The van der Waals surface area contributed by atoms with Crippen LogP contribution in [0, 0.1) is 11.3 Å². The third-order valence-corrected chi connectivity index (χ3v) is 4.88. The Hall–Kier alpha value is -2.85. The van der Waals surface area contributed by atoms with Gasteiger partial charge in [-0.25, -0.2) is 4.79 Å². The van der Waals surface area contributed by atoms with Crippen LogP contribution in [0.5, 0.6) is 0 Å². The molecule has 2 N–H and O–H groups in total. The molecular weight excluding hydrogens is 370 g/mol. The maximum absolute atomic E-state index is 12.4. The Morgan fingerprint density at radius 2 is 1.90 bits per heavy atom. The maximum atomic E-state index is 12.4. The molecule has 1 aliphatic carbocycles. The van der Waals surface area contributed by atoms with Gasteiger partial charge >= 0.3 is 6.09 Å². The molecule has 7 nitrogen and oxygen atoms in total. The number of hydrogen-bond donors (Lipinski definition) is 2. The van der Waals surface area contributed by atoms with Crippen molar-refractivity contribution in [2.75, 3.05) is 0 Å². The highest BCUT2D eigenvalue weighted by Crippen LogP contribution is 2.24. The van der Waals surface area contributed by atoms with E-state index >= 15 is 0 Å². The van der Waals surface area contributed by atoms with Crippen molar-refractivity contribution in [1.82, 2.24) is 10.6 Å². The normalized spacial score (nSPS) is 21.1. The van der Waals surface area contributed by atoms with Gasteiger partial charge in [0.1, 0.15) is 6.61 Å². The van der Waals surface area contributed by atoms with Crippen molar-refractivity contribution in [3.63, 3.8) is 0 Å². The van der Waals surface area contributed by atoms with Crippen LogP contribution in [0.1, 0.15) is 45.6 Å². The number of rotatable bonds is 8. The highest BCUT2D eigenvalue weighted by atomic mass is 16.5. The standard InChI is InChI=1S/C22H29N3O4/c1-4-18(5-2)29-20-12-17(13-23)11-19(21(20)24-15(3)26)25-22(27)28-14-16-9-7-6-8-10-16/h6-10,12,18-21H,4-5,11,14H2,1-3H3,(H,24,26)(H,25,27)/t19-,20+,21+/m0/s1. The number of carbonyl (C=O) groups is 2. The summed E-state index contributed by atoms with van der Waals surface area (Å²) in [7, 11) is 0. The van der Waals surface area contributed by atoms with E-state index in [4.69, 9.17) is 9.47 Å². The molecule has 0 saturated heterocycles. The van der Waals surface area contributed by atoms with Crippen LogP contribution in [0.4, 0.5) is 4.79 Å². The predicted octanol–water partition coefficient (Wildman–Crippen LogP) is 3.21. The molecule has 156 valence electrons. The van der Waals surface area contributed by atoms with Gasteiger partial charge in [-0.3, -0.25) is 4.79 Å². The van der Waals surface area contributed by atoms with Crippen LogP contribution in [0.2, 0.25) is 0 Å². The second-order valence-corrected chi connectivity index (χ2v) is 7.09. The fourth-order valence-corrected chi connectivity index (χ4v) is 3.35. The number of carbonyl (C=O) groups excluding carboxylic acids is 2. The van der Waals surface area contributed by atoms with Crippen LogP contribution >= 0.6 is 0 Å². The lowest BCUT2D eigenvalue weighted by atomic mass is 9.88. The van der Waals surface area contributed by atoms with E-state index in [9.17, 15) is 14.9 Å². The Kier molecular flexibility index (Phi) is 8.68. The van der Waals surface area contributed by atoms with Crippen LogP contribution in [-0.2, 0) is 20.9 Å². The maximum Gasteiger partial charge on any atom is 0.407 e. The highest BCUT2D eigenvalue weighted by Gasteiger charge is 2.37. The summed E-state index contributed by atoms with van der Waals surface area (Å²) in [5.74, 6) is -0.230. The fraction of sp³-hybridized carbons (Fsp3) is 0.500. The first-order chi connectivity index (χ1) is 14.0. The zero-order chi connectivity index (χ0) is 21.2. The SMILES string of the molecule is CCC(CC)O[C@@H]1C=C(C#N)C[C@H](NC(=O)OCc2ccccc2)[C@H]1NC(C)=O. The van der Waals surface area contributed by atoms with Gasteiger partial charge in [0.2, 0.25) is 5.91 Å². The molecule has 0 bridgehead atoms. The minimum atomic E-state index is -0.602. The van der Waals surface area contributed by atoms with E-state index in [0.717, 1.165) is 18.4 Å². The van der Waals surface area contributed by atoms with E-state index in [1.807, 2.05) is 44.2 Å². The number of hydrogen-bond acceptors (Lipinski definition) is 5. The number of alkyl carbamates (subject to hydrolysis) is 1. The molecule has 0 spiro atoms. The number of nitriles is 1. The van der Waals surface area contributed by atoms with Crippen LogP contribution in [0.15, 0.2) is 42.0 Å². The van der Waals surface area contributed by atoms with Gasteiger partial charge in [0.05, 0.1) is 30.4 Å². The summed E-state index contributed by atoms with van der Waals surface area (Å²) < 4.78 is 11.4. The second-order valence-electron chi connectivity index (χ2n) is 7.09. The molecule has 1 aromatic carbocycles. The number of ether oxygens (including phenoxy) is 2. The van der Waals surface area contributed by atoms with Crippen LogP contribution in [0.25, 0.3) is 0 Å². The van der Waals surface area contributed by atoms with Gasteiger partial charge in [-0.2, -0.15) is 5.26 Å². The molecule has 29 heavy (non-hydrogen) atoms. The number of amides is 2. The molecule has 3 atom stereocenters. The second kappa shape index (κ2) is 11.2. The summed E-state index contributed by atoms with van der Waals surface area (Å²) >= 11 is 0. The molecule has 2 rings (SSSR count). The average Bonchev–Trinajstić information content (AvgIpc) is 2.72. The van der Waals surface area contributed by atoms with Gasteiger partial charge < -0.3 is 20.1 Å². The highest BCUT2D eigenvalue weighted by molar-refractivity contribution is 5.74. The van der Waals surface area contributed by atoms with Crippen LogP contribution in [0.3, 0.4) is 0 Å². The van der Waals surface area contributed by atoms with E-state index in [1.165, 1.54) is 6.92 Å². The molecule has 1 aliphatic rings. The third-order valence-electron chi connectivity index (χ3n) is 4.88. The monoisotopic (exact) mass is 399 g/mol. The van der Waals surface area contributed by atoms with Gasteiger partial charge in [0.15, 0.2) is 0 Å². The van der Waals surface area contributed by atoms with Gasteiger partial charge in [-0.1, -0.05) is 44.2 Å². The van der Waals surface area contributed by atoms with Crippen molar-refractivity contribution in [2.24, 2.45) is 0 Å². The molecule has 0 aromatic heterocycles. The van der Waals surface area contributed by atoms with E-state index in [0.29, 0.717) is 12.0 Å². The van der Waals surface area contributed by atoms with Crippen molar-refractivity contribution in [1.29, 1.82) is 5.26 Å². The predicted molar refractivity (Wildman–Crippen MR) is 109 cm³/mol. The first-order valence-corrected chi connectivity index (χ1v) is 9.97. The minimum absolute atomic E-state index is 0.00349. The van der Waals surface area contributed by atoms with Crippen LogP contribution < -0.4 is 10.6 Å². The average molecular weight is 399 g/mol. The minimum Gasteiger partial charge on any atom is -0.445 e. The van der Waals surface area contributed by atoms with Crippen molar-refractivity contribution in [3.8, 4) is 6.07 Å². The lowest BCUT2D eigenvalue weighted by Gasteiger charge is -2.37. The molecule has 0 radical (unpaired) electrons. The summed E-state index contributed by atoms with van der Waals surface area (Å²) in [4.78, 5) is 24.1. The lowest BCUT2D eigenvalue weighted by Crippen LogP contribution is -2.59. The Labute approximate surface area is 172 Å². The van der Waals surface area contributed by atoms with E-state index in [-0.39, 0.29) is 18.6 Å². The Morgan fingerprint density at radius 3 is 2.48 bits per heavy atom. The van der Waals surface area contributed by atoms with E-state index < -0.39 is 24.3 Å². The summed E-state index contributed by atoms with van der Waals surface area (Å²) in [6.45, 7) is 5.60. The van der Waals surface area contributed by atoms with Crippen molar-refractivity contribution in [3.05, 3.63) is 47.5 Å². The van der Waals surface area contributed by atoms with Gasteiger partial charge in [0.25, 0.3) is 0 Å². The van der Waals surface area contributed by atoms with Crippen molar-refractivity contribution < 1.29 is 19.1 Å². The zero-order valence-corrected chi connectivity index (χ0v) is 17.2. The molecule has 0 heterocycles. The quantitative estimate of drug-likeness (QED) is 0.699. The Bertz CT molecular complexity index is 753. The smallest absolute Gasteiger partial charge is 0.407 e. The molecule has 0 unspecified atom stereocenters. The number of nitrogens with zero attached hydrogens (tertiary/aromatic N) is 1. The molecule has 7 heteroatoms. The Balaban J connectivity index is 2.11. The molecule has 1 aromatic rings. The third kappa shape index (κ3) is 6.91. The molecule has 0 aliphatic heterocycles. The largest absolute Gasteiger partial charge is 0.445 e. The van der Waals surface area contributed by atoms with E-state index in [1.54, 1.807) is 6.08 Å². The van der Waals surface area contributed by atoms with Gasteiger partial charge in [-0.15, -0.1) is 0 Å². The first-order valence-electron chi connectivity index (χ1n) is 9.97. The summed E-state index contributed by atoms with van der Waals surface area (Å²) in [5, 5.41) is 15.1. The van der Waals surface area contributed by atoms with Gasteiger partial charge in [-0.05, 0) is 24.5 Å². The Morgan fingerprint density at radius 1 is 1.21 bits per heavy atom. The van der Waals surface area contributed by atoms with Crippen LogP contribution in [-0.4, -0.2) is 36.3 Å². The zero-order valence-electron chi connectivity index (χ0n) is 17.2. The summed E-state index contributed by atoms with van der Waals surface area (Å²) in [6, 6.07) is 10.5. The first kappa shape index (κ1) is 22.4. The summed E-state index contributed by atoms with van der Waals surface area (Å²) in [6.07, 6.45) is 2.55. The molecular formula is C22H29N3O4.